The van der Waals surface area contributed by atoms with Crippen molar-refractivity contribution in [1.29, 1.82) is 0 Å². The van der Waals surface area contributed by atoms with Crippen LogP contribution in [0.2, 0.25) is 0 Å². The fourth-order valence-electron chi connectivity index (χ4n) is 5.24. The summed E-state index contributed by atoms with van der Waals surface area (Å²) in [6, 6.07) is 20.6. The monoisotopic (exact) mass is 493 g/mol. The van der Waals surface area contributed by atoms with Gasteiger partial charge in [-0.15, -0.1) is 0 Å². The molecule has 5 rings (SSSR count). The van der Waals surface area contributed by atoms with E-state index in [0.717, 1.165) is 46.4 Å². The number of aromatic nitrogens is 1. The summed E-state index contributed by atoms with van der Waals surface area (Å²) >= 11 is 0. The highest BCUT2D eigenvalue weighted by Crippen LogP contribution is 2.44. The quantitative estimate of drug-likeness (QED) is 0.189. The molecular weight excluding hydrogens is 462 g/mol. The van der Waals surface area contributed by atoms with Crippen molar-refractivity contribution in [3.8, 4) is 0 Å². The molecule has 1 unspecified atom stereocenters. The van der Waals surface area contributed by atoms with E-state index >= 15 is 0 Å². The van der Waals surface area contributed by atoms with Gasteiger partial charge in [0, 0.05) is 47.1 Å². The number of H-pyrrole nitrogens is 1. The van der Waals surface area contributed by atoms with Gasteiger partial charge in [-0.05, 0) is 68.7 Å². The Morgan fingerprint density at radius 1 is 0.973 bits per heavy atom. The van der Waals surface area contributed by atoms with Crippen LogP contribution < -0.4 is 9.80 Å². The number of amides is 1. The minimum absolute atomic E-state index is 0.0891. The average Bonchev–Trinajstić information content (AvgIpc) is 3.45. The maximum Gasteiger partial charge on any atom is 0.300 e. The Morgan fingerprint density at radius 2 is 1.68 bits per heavy atom. The third kappa shape index (κ3) is 4.08. The lowest BCUT2D eigenvalue weighted by atomic mass is 9.94. The van der Waals surface area contributed by atoms with Gasteiger partial charge < -0.3 is 15.0 Å². The molecule has 0 spiro atoms. The Hall–Kier alpha value is -4.32. The summed E-state index contributed by atoms with van der Waals surface area (Å²) in [5, 5.41) is 12.4. The topological polar surface area (TPSA) is 76.6 Å². The van der Waals surface area contributed by atoms with Crippen LogP contribution in [-0.4, -0.2) is 34.9 Å². The highest BCUT2D eigenvalue weighted by molar-refractivity contribution is 6.52. The molecule has 4 aromatic rings. The summed E-state index contributed by atoms with van der Waals surface area (Å²) in [4.78, 5) is 34.1. The van der Waals surface area contributed by atoms with E-state index in [1.165, 1.54) is 4.90 Å². The molecule has 6 nitrogen and oxygen atoms in total. The predicted molar refractivity (Wildman–Crippen MR) is 149 cm³/mol. The van der Waals surface area contributed by atoms with Crippen LogP contribution in [0.25, 0.3) is 16.7 Å². The number of aliphatic hydroxyl groups excluding tert-OH is 1. The van der Waals surface area contributed by atoms with Crippen molar-refractivity contribution in [2.75, 3.05) is 22.9 Å². The van der Waals surface area contributed by atoms with E-state index in [0.29, 0.717) is 11.3 Å². The van der Waals surface area contributed by atoms with E-state index in [4.69, 9.17) is 0 Å². The molecule has 0 saturated carbocycles. The van der Waals surface area contributed by atoms with Crippen molar-refractivity contribution in [2.45, 2.75) is 33.7 Å². The standard InChI is InChI=1S/C31H31N3O3/c1-5-33(6-2)22-15-13-21(14-16-22)28-27(29(35)24-18-32-25-10-8-7-9-23(24)25)30(36)31(37)34(28)26-17-19(3)11-12-20(26)4/h7-18,28,32,35H,5-6H2,1-4H3/b29-27-. The number of carbonyl (C=O) groups is 2. The number of benzene rings is 3. The summed E-state index contributed by atoms with van der Waals surface area (Å²) in [6.07, 6.45) is 1.69. The average molecular weight is 494 g/mol. The van der Waals surface area contributed by atoms with E-state index < -0.39 is 17.7 Å². The lowest BCUT2D eigenvalue weighted by Crippen LogP contribution is -2.30. The zero-order valence-electron chi connectivity index (χ0n) is 21.6. The van der Waals surface area contributed by atoms with Crippen molar-refractivity contribution in [3.05, 3.63) is 101 Å². The molecule has 3 aromatic carbocycles. The zero-order valence-corrected chi connectivity index (χ0v) is 21.6. The lowest BCUT2D eigenvalue weighted by molar-refractivity contribution is -0.132. The molecule has 6 heteroatoms. The second kappa shape index (κ2) is 9.62. The first-order chi connectivity index (χ1) is 17.8. The fraction of sp³-hybridized carbons (Fsp3) is 0.226. The first-order valence-corrected chi connectivity index (χ1v) is 12.6. The molecule has 188 valence electrons. The lowest BCUT2D eigenvalue weighted by Gasteiger charge is -2.28. The number of carbonyl (C=O) groups excluding carboxylic acids is 2. The summed E-state index contributed by atoms with van der Waals surface area (Å²) in [6.45, 7) is 9.84. The Kier molecular flexibility index (Phi) is 6.34. The summed E-state index contributed by atoms with van der Waals surface area (Å²) in [5.74, 6) is -1.52. The van der Waals surface area contributed by atoms with Crippen molar-refractivity contribution in [2.24, 2.45) is 0 Å². The second-order valence-electron chi connectivity index (χ2n) is 9.47. The first kappa shape index (κ1) is 24.4. The van der Waals surface area contributed by atoms with E-state index in [1.54, 1.807) is 6.20 Å². The molecular formula is C31H31N3O3. The number of aliphatic hydroxyl groups is 1. The molecule has 37 heavy (non-hydrogen) atoms. The van der Waals surface area contributed by atoms with Crippen LogP contribution in [0.5, 0.6) is 0 Å². The van der Waals surface area contributed by atoms with Gasteiger partial charge >= 0.3 is 0 Å². The number of anilines is 2. The Labute approximate surface area is 216 Å². The van der Waals surface area contributed by atoms with Gasteiger partial charge in [0.05, 0.1) is 11.6 Å². The summed E-state index contributed by atoms with van der Waals surface area (Å²) in [7, 11) is 0. The van der Waals surface area contributed by atoms with Gasteiger partial charge in [0.25, 0.3) is 11.7 Å². The van der Waals surface area contributed by atoms with Crippen LogP contribution in [0, 0.1) is 13.8 Å². The smallest absolute Gasteiger partial charge is 0.300 e. The molecule has 1 saturated heterocycles. The van der Waals surface area contributed by atoms with Gasteiger partial charge in [0.2, 0.25) is 0 Å². The highest BCUT2D eigenvalue weighted by atomic mass is 16.3. The number of nitrogens with one attached hydrogen (secondary N) is 1. The number of hydrogen-bond acceptors (Lipinski definition) is 4. The Balaban J connectivity index is 1.73. The van der Waals surface area contributed by atoms with E-state index in [9.17, 15) is 14.7 Å². The third-order valence-corrected chi connectivity index (χ3v) is 7.25. The van der Waals surface area contributed by atoms with Crippen LogP contribution in [0.1, 0.15) is 42.1 Å². The second-order valence-corrected chi connectivity index (χ2v) is 9.47. The summed E-state index contributed by atoms with van der Waals surface area (Å²) in [5.41, 5.74) is 5.78. The number of Topliss-reactive ketones (excluding diaryl/α,β-unsaturated/α-hetero) is 1. The van der Waals surface area contributed by atoms with E-state index in [-0.39, 0.29) is 11.3 Å². The molecule has 0 bridgehead atoms. The van der Waals surface area contributed by atoms with Crippen LogP contribution >= 0.6 is 0 Å². The number of hydrogen-bond donors (Lipinski definition) is 2. The molecule has 2 heterocycles. The molecule has 1 amide bonds. The van der Waals surface area contributed by atoms with E-state index in [2.05, 4.69) is 23.7 Å². The Morgan fingerprint density at radius 3 is 2.38 bits per heavy atom. The number of nitrogens with zero attached hydrogens (tertiary/aromatic N) is 2. The zero-order chi connectivity index (χ0) is 26.3. The largest absolute Gasteiger partial charge is 0.507 e. The normalized spacial score (nSPS) is 17.1. The minimum Gasteiger partial charge on any atom is -0.507 e. The van der Waals surface area contributed by atoms with Crippen LogP contribution in [0.3, 0.4) is 0 Å². The maximum absolute atomic E-state index is 13.6. The number of fused-ring (bicyclic) bond motifs is 1. The SMILES string of the molecule is CCN(CC)c1ccc(C2/C(=C(/O)c3c[nH]c4ccccc34)C(=O)C(=O)N2c2cc(C)ccc2C)cc1. The molecule has 1 aromatic heterocycles. The molecule has 1 atom stereocenters. The van der Waals surface area contributed by atoms with Gasteiger partial charge in [-0.2, -0.15) is 0 Å². The molecule has 1 fully saturated rings. The van der Waals surface area contributed by atoms with Gasteiger partial charge in [0.1, 0.15) is 5.76 Å². The van der Waals surface area contributed by atoms with Crippen molar-refractivity contribution < 1.29 is 14.7 Å². The maximum atomic E-state index is 13.6. The van der Waals surface area contributed by atoms with Crippen molar-refractivity contribution in [1.82, 2.24) is 4.98 Å². The van der Waals surface area contributed by atoms with Crippen LogP contribution in [-0.2, 0) is 9.59 Å². The number of para-hydroxylation sites is 1. The molecule has 1 aliphatic heterocycles. The van der Waals surface area contributed by atoms with Crippen molar-refractivity contribution in [3.63, 3.8) is 0 Å². The van der Waals surface area contributed by atoms with E-state index in [1.807, 2.05) is 80.6 Å². The summed E-state index contributed by atoms with van der Waals surface area (Å²) < 4.78 is 0. The molecule has 0 aliphatic carbocycles. The van der Waals surface area contributed by atoms with Crippen LogP contribution in [0.15, 0.2) is 78.5 Å². The van der Waals surface area contributed by atoms with Gasteiger partial charge in [-0.25, -0.2) is 0 Å². The Bertz CT molecular complexity index is 1530. The fourth-order valence-corrected chi connectivity index (χ4v) is 5.24. The first-order valence-electron chi connectivity index (χ1n) is 12.6. The minimum atomic E-state index is -0.764. The predicted octanol–water partition coefficient (Wildman–Crippen LogP) is 6.26. The number of rotatable bonds is 6. The van der Waals surface area contributed by atoms with Crippen LogP contribution in [0.4, 0.5) is 11.4 Å². The van der Waals surface area contributed by atoms with Crippen molar-refractivity contribution >= 4 is 39.7 Å². The van der Waals surface area contributed by atoms with Gasteiger partial charge in [0.15, 0.2) is 0 Å². The number of aryl methyl sites for hydroxylation is 2. The molecule has 0 radical (unpaired) electrons. The third-order valence-electron chi connectivity index (χ3n) is 7.25. The molecule has 2 N–H and O–H groups in total. The number of ketones is 1. The van der Waals surface area contributed by atoms with Gasteiger partial charge in [-0.1, -0.05) is 42.5 Å². The van der Waals surface area contributed by atoms with Gasteiger partial charge in [-0.3, -0.25) is 14.5 Å². The highest BCUT2D eigenvalue weighted by Gasteiger charge is 2.47. The molecule has 1 aliphatic rings. The number of aromatic amines is 1.